The average Bonchev–Trinajstić information content (AvgIpc) is 3.67. The number of ether oxygens (including phenoxy) is 3. The van der Waals surface area contributed by atoms with Gasteiger partial charge in [-0.25, -0.2) is 14.4 Å². The summed E-state index contributed by atoms with van der Waals surface area (Å²) in [5, 5.41) is 3.36. The molecule has 4 aliphatic rings. The Balaban J connectivity index is 0.000000205. The summed E-state index contributed by atoms with van der Waals surface area (Å²) in [6.07, 6.45) is 3.45. The fourth-order valence-electron chi connectivity index (χ4n) is 7.28. The summed E-state index contributed by atoms with van der Waals surface area (Å²) in [6, 6.07) is 12.9. The van der Waals surface area contributed by atoms with Gasteiger partial charge in [-0.15, -0.1) is 0 Å². The van der Waals surface area contributed by atoms with Crippen molar-refractivity contribution in [1.82, 2.24) is 29.8 Å². The van der Waals surface area contributed by atoms with Gasteiger partial charge in [0.15, 0.2) is 0 Å². The van der Waals surface area contributed by atoms with Crippen molar-refractivity contribution in [2.75, 3.05) is 66.6 Å². The Labute approximate surface area is 303 Å². The number of nitrogens with one attached hydrogen (secondary N) is 1. The first kappa shape index (κ1) is 38.1. The molecule has 2 aromatic rings. The Hall–Kier alpha value is -4.19. The van der Waals surface area contributed by atoms with Crippen molar-refractivity contribution < 1.29 is 28.6 Å². The van der Waals surface area contributed by atoms with E-state index in [2.05, 4.69) is 30.1 Å². The molecule has 0 saturated carbocycles. The fraction of sp³-hybridized carbons (Fsp3) is 0.615. The van der Waals surface area contributed by atoms with Crippen LogP contribution >= 0.6 is 0 Å². The highest BCUT2D eigenvalue weighted by atomic mass is 16.6. The number of benzene rings is 2. The molecule has 12 nitrogen and oxygen atoms in total. The molecule has 1 N–H and O–H groups in total. The summed E-state index contributed by atoms with van der Waals surface area (Å²) in [6.45, 7) is 17.4. The molecule has 6 rings (SSSR count). The first-order chi connectivity index (χ1) is 24.4. The van der Waals surface area contributed by atoms with Gasteiger partial charge in [-0.1, -0.05) is 12.1 Å². The van der Waals surface area contributed by atoms with Crippen molar-refractivity contribution in [3.8, 4) is 11.5 Å². The molecule has 12 heteroatoms. The molecule has 0 unspecified atom stereocenters. The van der Waals surface area contributed by atoms with Crippen LogP contribution in [0.3, 0.4) is 0 Å². The molecule has 4 aliphatic heterocycles. The van der Waals surface area contributed by atoms with E-state index in [9.17, 15) is 14.4 Å². The lowest BCUT2D eigenvalue weighted by Crippen LogP contribution is -2.49. The third kappa shape index (κ3) is 9.78. The molecule has 0 aromatic heterocycles. The van der Waals surface area contributed by atoms with Gasteiger partial charge in [0.1, 0.15) is 17.1 Å². The van der Waals surface area contributed by atoms with E-state index in [0.29, 0.717) is 32.2 Å². The fourth-order valence-corrected chi connectivity index (χ4v) is 7.28. The topological polar surface area (TPSA) is 107 Å². The second kappa shape index (κ2) is 16.9. The maximum Gasteiger partial charge on any atom is 0.410 e. The van der Waals surface area contributed by atoms with E-state index >= 15 is 0 Å². The molecular weight excluding hydrogens is 648 g/mol. The summed E-state index contributed by atoms with van der Waals surface area (Å²) in [5.74, 6) is 1.66. The number of methoxy groups -OCH3 is 2. The van der Waals surface area contributed by atoms with Gasteiger partial charge in [-0.3, -0.25) is 0 Å². The number of hydrogen-bond acceptors (Lipinski definition) is 7. The summed E-state index contributed by atoms with van der Waals surface area (Å²) in [7, 11) is 3.33. The van der Waals surface area contributed by atoms with E-state index in [0.717, 1.165) is 87.6 Å². The van der Waals surface area contributed by atoms with Gasteiger partial charge in [0.25, 0.3) is 0 Å². The molecular formula is C39H58N6O6. The zero-order chi connectivity index (χ0) is 36.7. The summed E-state index contributed by atoms with van der Waals surface area (Å²) in [4.78, 5) is 47.6. The highest BCUT2D eigenvalue weighted by Crippen LogP contribution is 2.27. The van der Waals surface area contributed by atoms with E-state index in [1.807, 2.05) is 65.8 Å². The SMILES string of the molecule is COc1ccc(C)c(CN2CCN(C3CCN(C(=O)OC(C)(C)C)CC3)C2=O)c1.COc1ccc(C)c(CN2CCN(C3CCNCC3)C2=O)c1. The number of carbonyl (C=O) groups excluding carboxylic acids is 3. The number of hydrogen-bond donors (Lipinski definition) is 1. The Kier molecular flexibility index (Phi) is 12.6. The molecule has 4 heterocycles. The molecule has 0 atom stereocenters. The highest BCUT2D eigenvalue weighted by Gasteiger charge is 2.37. The van der Waals surface area contributed by atoms with Gasteiger partial charge in [0.05, 0.1) is 14.2 Å². The summed E-state index contributed by atoms with van der Waals surface area (Å²) in [5.41, 5.74) is 4.15. The molecule has 0 radical (unpaired) electrons. The van der Waals surface area contributed by atoms with Crippen molar-refractivity contribution in [3.63, 3.8) is 0 Å². The number of carbonyl (C=O) groups is 3. The lowest BCUT2D eigenvalue weighted by Gasteiger charge is -2.37. The first-order valence-electron chi connectivity index (χ1n) is 18.4. The normalized spacial score (nSPS) is 19.0. The number of nitrogens with zero attached hydrogens (tertiary/aromatic N) is 5. The maximum absolute atomic E-state index is 13.0. The minimum absolute atomic E-state index is 0.0861. The van der Waals surface area contributed by atoms with E-state index in [-0.39, 0.29) is 24.2 Å². The molecule has 5 amide bonds. The predicted molar refractivity (Wildman–Crippen MR) is 197 cm³/mol. The summed E-state index contributed by atoms with van der Waals surface area (Å²) < 4.78 is 16.1. The predicted octanol–water partition coefficient (Wildman–Crippen LogP) is 5.63. The smallest absolute Gasteiger partial charge is 0.410 e. The highest BCUT2D eigenvalue weighted by molar-refractivity contribution is 5.77. The van der Waals surface area contributed by atoms with Crippen LogP contribution in [0.2, 0.25) is 0 Å². The van der Waals surface area contributed by atoms with Gasteiger partial charge in [-0.2, -0.15) is 0 Å². The van der Waals surface area contributed by atoms with E-state index in [1.165, 1.54) is 11.1 Å². The molecule has 280 valence electrons. The van der Waals surface area contributed by atoms with Crippen LogP contribution in [-0.4, -0.2) is 127 Å². The van der Waals surface area contributed by atoms with Crippen LogP contribution in [-0.2, 0) is 17.8 Å². The Morgan fingerprint density at radius 3 is 1.59 bits per heavy atom. The van der Waals surface area contributed by atoms with Crippen LogP contribution < -0.4 is 14.8 Å². The van der Waals surface area contributed by atoms with Crippen molar-refractivity contribution in [2.24, 2.45) is 0 Å². The van der Waals surface area contributed by atoms with Crippen molar-refractivity contribution in [1.29, 1.82) is 0 Å². The van der Waals surface area contributed by atoms with Crippen molar-refractivity contribution in [3.05, 3.63) is 58.7 Å². The number of urea groups is 2. The molecule has 4 saturated heterocycles. The lowest BCUT2D eigenvalue weighted by atomic mass is 10.0. The third-order valence-corrected chi connectivity index (χ3v) is 10.4. The zero-order valence-corrected chi connectivity index (χ0v) is 31.7. The molecule has 0 aliphatic carbocycles. The van der Waals surface area contributed by atoms with Gasteiger partial charge >= 0.3 is 18.2 Å². The van der Waals surface area contributed by atoms with Crippen LogP contribution in [0, 0.1) is 13.8 Å². The lowest BCUT2D eigenvalue weighted by molar-refractivity contribution is 0.0170. The van der Waals surface area contributed by atoms with Crippen molar-refractivity contribution in [2.45, 2.75) is 91.1 Å². The zero-order valence-electron chi connectivity index (χ0n) is 31.7. The monoisotopic (exact) mass is 706 g/mol. The van der Waals surface area contributed by atoms with Gasteiger partial charge in [0, 0.05) is 64.4 Å². The van der Waals surface area contributed by atoms with Crippen molar-refractivity contribution >= 4 is 18.2 Å². The second-order valence-corrected chi connectivity index (χ2v) is 15.1. The summed E-state index contributed by atoms with van der Waals surface area (Å²) >= 11 is 0. The molecule has 51 heavy (non-hydrogen) atoms. The maximum atomic E-state index is 13.0. The van der Waals surface area contributed by atoms with Crippen LogP contribution in [0.25, 0.3) is 0 Å². The number of piperidine rings is 2. The molecule has 2 aromatic carbocycles. The largest absolute Gasteiger partial charge is 0.497 e. The van der Waals surface area contributed by atoms with Crippen LogP contribution in [0.1, 0.15) is 68.7 Å². The molecule has 0 bridgehead atoms. The number of likely N-dealkylation sites (tertiary alicyclic amines) is 1. The van der Waals surface area contributed by atoms with Gasteiger partial charge in [0.2, 0.25) is 0 Å². The van der Waals surface area contributed by atoms with Crippen LogP contribution in [0.15, 0.2) is 36.4 Å². The second-order valence-electron chi connectivity index (χ2n) is 15.1. The number of rotatable bonds is 8. The van der Waals surface area contributed by atoms with E-state index in [4.69, 9.17) is 14.2 Å². The third-order valence-electron chi connectivity index (χ3n) is 10.4. The quantitative estimate of drug-likeness (QED) is 0.379. The van der Waals surface area contributed by atoms with Crippen LogP contribution in [0.4, 0.5) is 14.4 Å². The standard InChI is InChI=1S/C22H33N3O4.C17H25N3O2/c1-16-6-7-19(28-5)14-17(16)15-24-12-13-25(20(24)26)18-8-10-23(11-9-18)21(27)29-22(2,3)4;1-13-3-4-16(22-2)11-14(13)12-19-9-10-20(17(19)21)15-5-7-18-8-6-15/h6-7,14,18H,8-13,15H2,1-5H3;3-4,11,15,18H,5-10,12H2,1-2H3. The van der Waals surface area contributed by atoms with Gasteiger partial charge in [-0.05, 0) is 120 Å². The number of aryl methyl sites for hydroxylation is 2. The molecule has 4 fully saturated rings. The van der Waals surface area contributed by atoms with E-state index in [1.54, 1.807) is 19.1 Å². The van der Waals surface area contributed by atoms with E-state index < -0.39 is 5.60 Å². The Morgan fingerprint density at radius 2 is 1.16 bits per heavy atom. The number of amides is 5. The average molecular weight is 707 g/mol. The minimum Gasteiger partial charge on any atom is -0.497 e. The first-order valence-corrected chi connectivity index (χ1v) is 18.4. The Bertz CT molecular complexity index is 1510. The van der Waals surface area contributed by atoms with Gasteiger partial charge < -0.3 is 44.0 Å². The minimum atomic E-state index is -0.488. The molecule has 0 spiro atoms. The Morgan fingerprint density at radius 1 is 0.706 bits per heavy atom. The van der Waals surface area contributed by atoms with Crippen LogP contribution in [0.5, 0.6) is 11.5 Å².